The van der Waals surface area contributed by atoms with Crippen LogP contribution in [0.3, 0.4) is 0 Å². The zero-order valence-corrected chi connectivity index (χ0v) is 17.0. The van der Waals surface area contributed by atoms with Crippen LogP contribution in [0.2, 0.25) is 0 Å². The first kappa shape index (κ1) is 18.3. The van der Waals surface area contributed by atoms with Gasteiger partial charge in [-0.05, 0) is 31.4 Å². The quantitative estimate of drug-likeness (QED) is 0.702. The number of nitrogens with one attached hydrogen (secondary N) is 1. The van der Waals surface area contributed by atoms with Crippen molar-refractivity contribution in [3.05, 3.63) is 34.2 Å². The van der Waals surface area contributed by atoms with Gasteiger partial charge in [0.15, 0.2) is 0 Å². The molecule has 144 valence electrons. The lowest BCUT2D eigenvalue weighted by Gasteiger charge is -2.25. The van der Waals surface area contributed by atoms with Crippen molar-refractivity contribution in [1.82, 2.24) is 24.6 Å². The molecule has 0 spiro atoms. The predicted octanol–water partition coefficient (Wildman–Crippen LogP) is 2.53. The van der Waals surface area contributed by atoms with Crippen molar-refractivity contribution in [3.63, 3.8) is 0 Å². The molecule has 7 nitrogen and oxygen atoms in total. The molecule has 27 heavy (non-hydrogen) atoms. The Kier molecular flexibility index (Phi) is 5.38. The number of morpholine rings is 1. The Bertz CT molecular complexity index is 928. The minimum atomic E-state index is 0.770. The summed E-state index contributed by atoms with van der Waals surface area (Å²) in [6, 6.07) is 0. The Labute approximate surface area is 163 Å². The Morgan fingerprint density at radius 2 is 2.04 bits per heavy atom. The largest absolute Gasteiger partial charge is 0.379 e. The van der Waals surface area contributed by atoms with Gasteiger partial charge in [0.1, 0.15) is 16.5 Å². The minimum absolute atomic E-state index is 0.770. The van der Waals surface area contributed by atoms with Gasteiger partial charge in [0.2, 0.25) is 0 Å². The Balaban J connectivity index is 1.56. The highest BCUT2D eigenvalue weighted by Crippen LogP contribution is 2.33. The number of ether oxygens (including phenoxy) is 1. The third-order valence-electron chi connectivity index (χ3n) is 5.01. The van der Waals surface area contributed by atoms with Gasteiger partial charge in [-0.25, -0.2) is 9.97 Å². The topological polar surface area (TPSA) is 68.1 Å². The molecule has 0 bridgehead atoms. The van der Waals surface area contributed by atoms with E-state index in [2.05, 4.69) is 35.4 Å². The number of aromatic nitrogens is 4. The molecule has 4 heterocycles. The van der Waals surface area contributed by atoms with E-state index in [0.29, 0.717) is 0 Å². The van der Waals surface area contributed by atoms with E-state index in [1.807, 2.05) is 17.9 Å². The van der Waals surface area contributed by atoms with Gasteiger partial charge < -0.3 is 10.1 Å². The van der Waals surface area contributed by atoms with E-state index >= 15 is 0 Å². The summed E-state index contributed by atoms with van der Waals surface area (Å²) >= 11 is 1.75. The number of rotatable bonds is 6. The average Bonchev–Trinajstić information content (AvgIpc) is 3.19. The molecule has 1 aliphatic rings. The van der Waals surface area contributed by atoms with E-state index in [4.69, 9.17) is 14.7 Å². The van der Waals surface area contributed by atoms with Gasteiger partial charge in [0.05, 0.1) is 31.3 Å². The molecule has 3 aromatic rings. The molecule has 0 aromatic carbocycles. The van der Waals surface area contributed by atoms with Gasteiger partial charge in [-0.3, -0.25) is 9.58 Å². The van der Waals surface area contributed by atoms with Crippen LogP contribution in [0.15, 0.2) is 12.4 Å². The molecule has 0 radical (unpaired) electrons. The summed E-state index contributed by atoms with van der Waals surface area (Å²) in [6.07, 6.45) is 4.89. The lowest BCUT2D eigenvalue weighted by Crippen LogP contribution is -2.36. The first-order chi connectivity index (χ1) is 13.1. The molecule has 0 unspecified atom stereocenters. The molecule has 1 N–H and O–H groups in total. The maximum absolute atomic E-state index is 5.45. The van der Waals surface area contributed by atoms with Gasteiger partial charge in [-0.2, -0.15) is 5.10 Å². The summed E-state index contributed by atoms with van der Waals surface area (Å²) < 4.78 is 7.29. The first-order valence-electron chi connectivity index (χ1n) is 9.38. The van der Waals surface area contributed by atoms with Gasteiger partial charge in [0.25, 0.3) is 0 Å². The van der Waals surface area contributed by atoms with Crippen LogP contribution in [0, 0.1) is 13.8 Å². The van der Waals surface area contributed by atoms with Crippen LogP contribution in [-0.4, -0.2) is 57.5 Å². The first-order valence-corrected chi connectivity index (χ1v) is 10.2. The van der Waals surface area contributed by atoms with Crippen molar-refractivity contribution in [2.45, 2.75) is 26.8 Å². The zero-order chi connectivity index (χ0) is 18.8. The summed E-state index contributed by atoms with van der Waals surface area (Å²) in [5.41, 5.74) is 2.50. The van der Waals surface area contributed by atoms with Crippen LogP contribution in [0.25, 0.3) is 10.2 Å². The number of aryl methyl sites for hydroxylation is 3. The van der Waals surface area contributed by atoms with Crippen LogP contribution >= 0.6 is 11.3 Å². The summed E-state index contributed by atoms with van der Waals surface area (Å²) in [6.45, 7) is 9.36. The third kappa shape index (κ3) is 4.12. The van der Waals surface area contributed by atoms with E-state index in [1.165, 1.54) is 16.0 Å². The summed E-state index contributed by atoms with van der Waals surface area (Å²) in [7, 11) is 1.94. The fraction of sp³-hybridized carbons (Fsp3) is 0.526. The summed E-state index contributed by atoms with van der Waals surface area (Å²) in [5, 5.41) is 8.95. The Morgan fingerprint density at radius 3 is 2.78 bits per heavy atom. The van der Waals surface area contributed by atoms with E-state index < -0.39 is 0 Å². The molecule has 0 aliphatic carbocycles. The number of hydrogen-bond donors (Lipinski definition) is 1. The van der Waals surface area contributed by atoms with E-state index in [0.717, 1.165) is 67.7 Å². The Hall–Kier alpha value is -2.03. The molecule has 0 atom stereocenters. The van der Waals surface area contributed by atoms with Crippen molar-refractivity contribution in [2.24, 2.45) is 7.05 Å². The third-order valence-corrected chi connectivity index (χ3v) is 6.11. The standard InChI is InChI=1S/C19H26N6OS/c1-13-14(2)27-19-17(13)18(20-5-4-15-10-21-24(3)11-15)22-16(23-19)12-25-6-8-26-9-7-25/h10-11H,4-9,12H2,1-3H3,(H,20,22,23). The summed E-state index contributed by atoms with van der Waals surface area (Å²) in [5.74, 6) is 1.84. The smallest absolute Gasteiger partial charge is 0.146 e. The molecule has 1 saturated heterocycles. The van der Waals surface area contributed by atoms with Crippen molar-refractivity contribution in [3.8, 4) is 0 Å². The highest BCUT2D eigenvalue weighted by atomic mass is 32.1. The number of fused-ring (bicyclic) bond motifs is 1. The molecule has 3 aromatic heterocycles. The molecule has 1 fully saturated rings. The van der Waals surface area contributed by atoms with Gasteiger partial charge >= 0.3 is 0 Å². The van der Waals surface area contributed by atoms with Crippen molar-refractivity contribution < 1.29 is 4.74 Å². The maximum Gasteiger partial charge on any atom is 0.146 e. The second-order valence-electron chi connectivity index (χ2n) is 7.04. The maximum atomic E-state index is 5.45. The molecular formula is C19H26N6OS. The molecule has 4 rings (SSSR count). The van der Waals surface area contributed by atoms with Gasteiger partial charge in [-0.1, -0.05) is 0 Å². The fourth-order valence-electron chi connectivity index (χ4n) is 3.38. The number of hydrogen-bond acceptors (Lipinski definition) is 7. The second-order valence-corrected chi connectivity index (χ2v) is 8.24. The second kappa shape index (κ2) is 7.92. The normalized spacial score (nSPS) is 15.5. The number of anilines is 1. The van der Waals surface area contributed by atoms with Crippen LogP contribution in [0.5, 0.6) is 0 Å². The van der Waals surface area contributed by atoms with Crippen molar-refractivity contribution in [1.29, 1.82) is 0 Å². The van der Waals surface area contributed by atoms with Crippen molar-refractivity contribution in [2.75, 3.05) is 38.2 Å². The van der Waals surface area contributed by atoms with E-state index in [9.17, 15) is 0 Å². The summed E-state index contributed by atoms with van der Waals surface area (Å²) in [4.78, 5) is 14.5. The molecule has 1 aliphatic heterocycles. The van der Waals surface area contributed by atoms with Crippen LogP contribution in [0.1, 0.15) is 21.8 Å². The molecule has 8 heteroatoms. The molecular weight excluding hydrogens is 360 g/mol. The highest BCUT2D eigenvalue weighted by molar-refractivity contribution is 7.18. The van der Waals surface area contributed by atoms with E-state index in [-0.39, 0.29) is 0 Å². The van der Waals surface area contributed by atoms with Gasteiger partial charge in [0, 0.05) is 37.8 Å². The van der Waals surface area contributed by atoms with Crippen molar-refractivity contribution >= 4 is 27.4 Å². The van der Waals surface area contributed by atoms with Crippen LogP contribution in [0.4, 0.5) is 5.82 Å². The molecule has 0 amide bonds. The Morgan fingerprint density at radius 1 is 1.22 bits per heavy atom. The lowest BCUT2D eigenvalue weighted by atomic mass is 10.2. The van der Waals surface area contributed by atoms with E-state index in [1.54, 1.807) is 11.3 Å². The predicted molar refractivity (Wildman–Crippen MR) is 108 cm³/mol. The SMILES string of the molecule is Cc1sc2nc(CN3CCOCC3)nc(NCCc3cnn(C)c3)c2c1C. The highest BCUT2D eigenvalue weighted by Gasteiger charge is 2.17. The van der Waals surface area contributed by atoms with Crippen LogP contribution < -0.4 is 5.32 Å². The lowest BCUT2D eigenvalue weighted by molar-refractivity contribution is 0.0331. The van der Waals surface area contributed by atoms with Crippen LogP contribution in [-0.2, 0) is 24.8 Å². The zero-order valence-electron chi connectivity index (χ0n) is 16.2. The number of thiophene rings is 1. The average molecular weight is 387 g/mol. The van der Waals surface area contributed by atoms with Gasteiger partial charge in [-0.15, -0.1) is 11.3 Å². The monoisotopic (exact) mass is 386 g/mol. The minimum Gasteiger partial charge on any atom is -0.379 e. The molecule has 0 saturated carbocycles. The fourth-order valence-corrected chi connectivity index (χ4v) is 4.43. The number of nitrogens with zero attached hydrogens (tertiary/aromatic N) is 5.